The van der Waals surface area contributed by atoms with Gasteiger partial charge in [-0.05, 0) is 25.1 Å². The molecule has 0 spiro atoms. The number of rotatable bonds is 6. The molecular weight excluding hydrogens is 399 g/mol. The van der Waals surface area contributed by atoms with Crippen LogP contribution in [-0.4, -0.2) is 69.8 Å². The van der Waals surface area contributed by atoms with Crippen molar-refractivity contribution in [2.45, 2.75) is 24.3 Å². The molecule has 1 fully saturated rings. The maximum Gasteiger partial charge on any atom is 0.242 e. The van der Waals surface area contributed by atoms with E-state index in [0.717, 1.165) is 23.9 Å². The molecule has 1 aromatic carbocycles. The number of carbonyl (C=O) groups is 1. The first kappa shape index (κ1) is 23.1. The molecule has 2 N–H and O–H groups in total. The number of amides is 1. The van der Waals surface area contributed by atoms with E-state index in [1.54, 1.807) is 0 Å². The third-order valence-electron chi connectivity index (χ3n) is 4.26. The number of piperazine rings is 1. The smallest absolute Gasteiger partial charge is 0.242 e. The second kappa shape index (κ2) is 9.87. The molecule has 0 bridgehead atoms. The van der Waals surface area contributed by atoms with Crippen LogP contribution in [0.4, 0.5) is 5.69 Å². The van der Waals surface area contributed by atoms with E-state index in [1.165, 1.54) is 32.3 Å². The zero-order valence-corrected chi connectivity index (χ0v) is 17.5. The average Bonchev–Trinajstić information content (AvgIpc) is 2.55. The van der Waals surface area contributed by atoms with E-state index in [9.17, 15) is 13.2 Å². The lowest BCUT2D eigenvalue weighted by Gasteiger charge is -2.33. The summed E-state index contributed by atoms with van der Waals surface area (Å²) >= 11 is 6.10. The molecule has 1 atom stereocenters. The SMILES string of the molecule is C[C@H]1CNCCN1CCC(=O)Nc1cc(S(=O)(=O)N(C)C)ccc1Cl.Cl. The van der Waals surface area contributed by atoms with Gasteiger partial charge in [0.1, 0.15) is 0 Å². The molecule has 1 aromatic rings. The van der Waals surface area contributed by atoms with Gasteiger partial charge in [-0.3, -0.25) is 9.69 Å². The molecule has 1 aliphatic rings. The molecule has 1 heterocycles. The van der Waals surface area contributed by atoms with Crippen LogP contribution in [0.15, 0.2) is 23.1 Å². The van der Waals surface area contributed by atoms with Crippen LogP contribution in [0.3, 0.4) is 0 Å². The number of benzene rings is 1. The summed E-state index contributed by atoms with van der Waals surface area (Å²) in [6.07, 6.45) is 0.325. The summed E-state index contributed by atoms with van der Waals surface area (Å²) < 4.78 is 25.5. The van der Waals surface area contributed by atoms with Crippen LogP contribution in [0, 0.1) is 0 Å². The van der Waals surface area contributed by atoms with E-state index in [-0.39, 0.29) is 23.2 Å². The van der Waals surface area contributed by atoms with Crippen molar-refractivity contribution in [1.29, 1.82) is 0 Å². The van der Waals surface area contributed by atoms with Crippen molar-refractivity contribution in [2.24, 2.45) is 0 Å². The fraction of sp³-hybridized carbons (Fsp3) is 0.562. The molecule has 0 saturated carbocycles. The molecule has 2 rings (SSSR count). The molecule has 1 aliphatic heterocycles. The van der Waals surface area contributed by atoms with Gasteiger partial charge in [0.25, 0.3) is 0 Å². The summed E-state index contributed by atoms with van der Waals surface area (Å²) in [6.45, 7) is 5.52. The Hall–Kier alpha value is -0.900. The van der Waals surface area contributed by atoms with Crippen molar-refractivity contribution in [2.75, 3.05) is 45.6 Å². The summed E-state index contributed by atoms with van der Waals surface area (Å²) in [5.41, 5.74) is 0.308. The Kier molecular flexibility index (Phi) is 8.78. The zero-order chi connectivity index (χ0) is 18.6. The summed E-state index contributed by atoms with van der Waals surface area (Å²) in [7, 11) is -0.670. The van der Waals surface area contributed by atoms with Crippen molar-refractivity contribution < 1.29 is 13.2 Å². The van der Waals surface area contributed by atoms with E-state index >= 15 is 0 Å². The molecule has 1 amide bonds. The quantitative estimate of drug-likeness (QED) is 0.724. The van der Waals surface area contributed by atoms with Crippen LogP contribution >= 0.6 is 24.0 Å². The van der Waals surface area contributed by atoms with Gasteiger partial charge >= 0.3 is 0 Å². The van der Waals surface area contributed by atoms with Crippen LogP contribution < -0.4 is 10.6 Å². The summed E-state index contributed by atoms with van der Waals surface area (Å²) in [6, 6.07) is 4.68. The number of nitrogens with one attached hydrogen (secondary N) is 2. The molecule has 7 nitrogen and oxygen atoms in total. The van der Waals surface area contributed by atoms with Crippen LogP contribution in [0.5, 0.6) is 0 Å². The van der Waals surface area contributed by atoms with Gasteiger partial charge in [0, 0.05) is 52.7 Å². The van der Waals surface area contributed by atoms with Gasteiger partial charge in [-0.1, -0.05) is 11.6 Å². The lowest BCUT2D eigenvalue weighted by molar-refractivity contribution is -0.116. The highest BCUT2D eigenvalue weighted by Gasteiger charge is 2.20. The third kappa shape index (κ3) is 5.80. The summed E-state index contributed by atoms with van der Waals surface area (Å²) in [4.78, 5) is 14.6. The molecule has 0 radical (unpaired) electrons. The van der Waals surface area contributed by atoms with Gasteiger partial charge in [0.15, 0.2) is 0 Å². The first-order valence-electron chi connectivity index (χ1n) is 8.18. The van der Waals surface area contributed by atoms with E-state index in [2.05, 4.69) is 22.5 Å². The van der Waals surface area contributed by atoms with Gasteiger partial charge in [-0.2, -0.15) is 0 Å². The highest BCUT2D eigenvalue weighted by Crippen LogP contribution is 2.26. The molecule has 148 valence electrons. The Morgan fingerprint density at radius 2 is 2.12 bits per heavy atom. The van der Waals surface area contributed by atoms with Crippen molar-refractivity contribution in [3.63, 3.8) is 0 Å². The fourth-order valence-corrected chi connectivity index (χ4v) is 3.74. The minimum Gasteiger partial charge on any atom is -0.325 e. The number of hydrogen-bond acceptors (Lipinski definition) is 5. The molecule has 26 heavy (non-hydrogen) atoms. The largest absolute Gasteiger partial charge is 0.325 e. The summed E-state index contributed by atoms with van der Waals surface area (Å²) in [5, 5.41) is 6.34. The normalized spacial score (nSPS) is 18.4. The lowest BCUT2D eigenvalue weighted by Crippen LogP contribution is -2.50. The van der Waals surface area contributed by atoms with Gasteiger partial charge in [-0.15, -0.1) is 12.4 Å². The molecule has 10 heteroatoms. The molecule has 0 unspecified atom stereocenters. The standard InChI is InChI=1S/C16H25ClN4O3S.ClH/c1-12-11-18-7-9-21(12)8-6-16(22)19-15-10-13(4-5-14(15)17)25(23,24)20(2)3;/h4-5,10,12,18H,6-9,11H2,1-3H3,(H,19,22);1H/t12-;/m0./s1. The topological polar surface area (TPSA) is 81.8 Å². The van der Waals surface area contributed by atoms with E-state index < -0.39 is 10.0 Å². The highest BCUT2D eigenvalue weighted by atomic mass is 35.5. The Labute approximate surface area is 166 Å². The minimum absolute atomic E-state index is 0. The first-order valence-corrected chi connectivity index (χ1v) is 10.0. The lowest BCUT2D eigenvalue weighted by atomic mass is 10.2. The van der Waals surface area contributed by atoms with Crippen LogP contribution in [0.1, 0.15) is 13.3 Å². The van der Waals surface area contributed by atoms with Crippen LogP contribution in [0.2, 0.25) is 5.02 Å². The van der Waals surface area contributed by atoms with E-state index in [0.29, 0.717) is 29.7 Å². The van der Waals surface area contributed by atoms with E-state index in [4.69, 9.17) is 11.6 Å². The highest BCUT2D eigenvalue weighted by molar-refractivity contribution is 7.89. The van der Waals surface area contributed by atoms with E-state index in [1.807, 2.05) is 0 Å². The van der Waals surface area contributed by atoms with Gasteiger partial charge in [0.05, 0.1) is 15.6 Å². The number of nitrogens with zero attached hydrogens (tertiary/aromatic N) is 2. The minimum atomic E-state index is -3.58. The fourth-order valence-electron chi connectivity index (χ4n) is 2.64. The zero-order valence-electron chi connectivity index (χ0n) is 15.2. The maximum absolute atomic E-state index is 12.2. The number of sulfonamides is 1. The molecular formula is C16H26Cl2N4O3S. The number of anilines is 1. The van der Waals surface area contributed by atoms with Crippen LogP contribution in [-0.2, 0) is 14.8 Å². The predicted octanol–water partition coefficient (Wildman–Crippen LogP) is 1.63. The average molecular weight is 425 g/mol. The van der Waals surface area contributed by atoms with Crippen molar-refractivity contribution in [1.82, 2.24) is 14.5 Å². The Bertz CT molecular complexity index is 728. The molecule has 1 saturated heterocycles. The molecule has 0 aromatic heterocycles. The van der Waals surface area contributed by atoms with Crippen molar-refractivity contribution in [3.05, 3.63) is 23.2 Å². The van der Waals surface area contributed by atoms with Crippen molar-refractivity contribution in [3.8, 4) is 0 Å². The Balaban J connectivity index is 0.00000338. The van der Waals surface area contributed by atoms with Crippen LogP contribution in [0.25, 0.3) is 0 Å². The van der Waals surface area contributed by atoms with Crippen molar-refractivity contribution >= 4 is 45.6 Å². The predicted molar refractivity (Wildman–Crippen MR) is 107 cm³/mol. The van der Waals surface area contributed by atoms with Gasteiger partial charge in [0.2, 0.25) is 15.9 Å². The Morgan fingerprint density at radius 1 is 1.42 bits per heavy atom. The van der Waals surface area contributed by atoms with Gasteiger partial charge in [-0.25, -0.2) is 12.7 Å². The number of halogens is 2. The monoisotopic (exact) mass is 424 g/mol. The maximum atomic E-state index is 12.2. The summed E-state index contributed by atoms with van der Waals surface area (Å²) in [5.74, 6) is -0.188. The third-order valence-corrected chi connectivity index (χ3v) is 6.40. The Morgan fingerprint density at radius 3 is 2.73 bits per heavy atom. The van der Waals surface area contributed by atoms with Gasteiger partial charge < -0.3 is 10.6 Å². The molecule has 0 aliphatic carbocycles. The number of carbonyl (C=O) groups excluding carboxylic acids is 1. The second-order valence-electron chi connectivity index (χ2n) is 6.32. The second-order valence-corrected chi connectivity index (χ2v) is 8.88. The number of hydrogen-bond donors (Lipinski definition) is 2. The first-order chi connectivity index (χ1) is 11.7.